The van der Waals surface area contributed by atoms with Crippen molar-refractivity contribution in [1.29, 1.82) is 0 Å². The number of carboxylic acids is 1. The number of hydrogen-bond donors (Lipinski definition) is 7. The van der Waals surface area contributed by atoms with Gasteiger partial charge in [0.1, 0.15) is 34.6 Å². The molecule has 452 valence electrons. The Labute approximate surface area is 485 Å². The summed E-state index contributed by atoms with van der Waals surface area (Å²) in [5, 5.41) is 77.9. The monoisotopic (exact) mass is 1170 g/mol. The molecule has 0 unspecified atom stereocenters. The quantitative estimate of drug-likeness (QED) is 0.0389. The lowest BCUT2D eigenvalue weighted by atomic mass is 9.78. The fraction of sp³-hybridized carbons (Fsp3) is 0.508. The maximum Gasteiger partial charge on any atom is 0.341 e. The number of carbonyl (C=O) groups is 4. The molecule has 0 radical (unpaired) electrons. The number of piperazine rings is 1. The first kappa shape index (κ1) is 60.8. The summed E-state index contributed by atoms with van der Waals surface area (Å²) < 4.78 is 47.6. The van der Waals surface area contributed by atoms with E-state index in [1.54, 1.807) is 49.4 Å². The molecule has 3 aromatic carbocycles. The van der Waals surface area contributed by atoms with Gasteiger partial charge in [0.25, 0.3) is 11.7 Å². The number of pyridine rings is 1. The average molecular weight is 1170 g/mol. The Morgan fingerprint density at radius 1 is 0.869 bits per heavy atom. The number of benzene rings is 3. The fourth-order valence-corrected chi connectivity index (χ4v) is 12.4. The number of fused-ring (bicyclic) bond motifs is 15. The summed E-state index contributed by atoms with van der Waals surface area (Å²) in [7, 11) is 2.83. The predicted molar refractivity (Wildman–Crippen MR) is 310 cm³/mol. The number of ether oxygens (including phenoxy) is 5. The van der Waals surface area contributed by atoms with Crippen LogP contribution >= 0.6 is 0 Å². The number of phenols is 3. The molecule has 5 bridgehead atoms. The molecule has 3 fully saturated rings. The van der Waals surface area contributed by atoms with E-state index in [-0.39, 0.29) is 73.4 Å². The molecule has 7 N–H and O–H groups in total. The van der Waals surface area contributed by atoms with E-state index in [4.69, 9.17) is 28.8 Å². The highest BCUT2D eigenvalue weighted by Gasteiger charge is 2.50. The highest BCUT2D eigenvalue weighted by atomic mass is 19.1. The number of halogens is 1. The number of phenolic OH excluding ortho intramolecular Hbond substituents is 3. The van der Waals surface area contributed by atoms with E-state index < -0.39 is 112 Å². The first-order valence-electron chi connectivity index (χ1n) is 28.4. The number of aromatic nitrogens is 1. The molecule has 1 aromatic heterocycles. The molecule has 4 aromatic rings. The SMILES string of the molecule is COc1c(N2CCC(N3CCN(/N=C/c4c5c(O)c6c(O)c(C)c7c(c6c4O)C(=O)[C@@](C)(O/C=C/[C@H](OC)[C@@H](C)[C@@H](OC(C)=O)[C@H](C)[C@H](O)[C@H](C)[C@@H](O)[C@H](C)/C=C/C=C(/C)C(=O)N5)O7)CC3)CC2)c(F)cc2c(=O)c(C(=O)O)cn(C3CC3)c12. The molecule has 2 saturated heterocycles. The number of aromatic carboxylic acids is 1. The number of rotatable bonds is 9. The second-order valence-corrected chi connectivity index (χ2v) is 23.0. The molecule has 6 aliphatic rings. The number of anilines is 2. The minimum absolute atomic E-state index is 0.00944. The van der Waals surface area contributed by atoms with Crippen LogP contribution < -0.4 is 25.1 Å². The fourth-order valence-electron chi connectivity index (χ4n) is 12.4. The second kappa shape index (κ2) is 24.1. The number of hydrazone groups is 1. The van der Waals surface area contributed by atoms with E-state index in [1.807, 2.05) is 4.90 Å². The topological polar surface area (TPSA) is 292 Å². The lowest BCUT2D eigenvalue weighted by Gasteiger charge is -2.43. The number of carboxylic acid groups (broad SMARTS) is 1. The number of amides is 1. The van der Waals surface area contributed by atoms with E-state index in [2.05, 4.69) is 10.2 Å². The van der Waals surface area contributed by atoms with Gasteiger partial charge in [-0.3, -0.25) is 29.1 Å². The molecule has 23 heteroatoms. The lowest BCUT2D eigenvalue weighted by molar-refractivity contribution is -0.160. The third-order valence-electron chi connectivity index (χ3n) is 17.5. The zero-order valence-electron chi connectivity index (χ0n) is 48.8. The standard InChI is InChI=1S/C61H75FN6O16/c1-29-12-11-13-30(2)59(77)64-46-39(27-63-67-23-21-65(22-24-67)36-16-19-66(20-17-36)48-41(62)26-38-47(57(48)81-10)68(37-14-15-37)28-40(52(38)73)60(78)79)53(74)43-44(54(46)75)51(72)34(6)56-45(43)58(76)61(8,84-56)82-25-18-42(80-9)31(3)55(83-35(7)69)33(5)50(71)32(4)49(29)70/h11-13,18,25-29,31-33,36-37,42,49-50,55,70-72,74-75H,14-17,19-24H2,1-10H3,(H,64,77)(H,78,79)/b12-11+,25-18+,30-13-,63-27+/t29-,31-,32-,33-,42+,49+,50-,55-,61+/m1/s1. The number of hydrogen-bond acceptors (Lipinski definition) is 19. The number of aromatic hydroxyl groups is 3. The van der Waals surface area contributed by atoms with Crippen LogP contribution in [0.15, 0.2) is 58.3 Å². The number of nitrogens with one attached hydrogen (secondary N) is 1. The normalized spacial score (nSPS) is 28.3. The number of methoxy groups -OCH3 is 2. The second-order valence-electron chi connectivity index (χ2n) is 23.0. The first-order valence-corrected chi connectivity index (χ1v) is 28.4. The van der Waals surface area contributed by atoms with Crippen LogP contribution in [0.5, 0.6) is 28.7 Å². The molecule has 0 spiro atoms. The van der Waals surface area contributed by atoms with Gasteiger partial charge >= 0.3 is 17.7 Å². The molecule has 1 aliphatic carbocycles. The zero-order valence-corrected chi connectivity index (χ0v) is 48.8. The number of Topliss-reactive ketones (excluding diaryl/α,β-unsaturated/α-hetero) is 1. The number of nitrogens with zero attached hydrogens (tertiary/aromatic N) is 5. The van der Waals surface area contributed by atoms with Crippen LogP contribution in [-0.4, -0.2) is 165 Å². The van der Waals surface area contributed by atoms with E-state index in [0.29, 0.717) is 57.6 Å². The highest BCUT2D eigenvalue weighted by Crippen LogP contribution is 2.55. The van der Waals surface area contributed by atoms with Crippen molar-refractivity contribution in [3.8, 4) is 28.7 Å². The van der Waals surface area contributed by atoms with Gasteiger partial charge in [0.2, 0.25) is 5.43 Å². The summed E-state index contributed by atoms with van der Waals surface area (Å²) in [6.07, 6.45) is 8.75. The first-order chi connectivity index (χ1) is 39.8. The van der Waals surface area contributed by atoms with Gasteiger partial charge in [-0.25, -0.2) is 9.18 Å². The Balaban J connectivity index is 1.01. The van der Waals surface area contributed by atoms with Crippen molar-refractivity contribution in [2.24, 2.45) is 28.8 Å². The minimum atomic E-state index is -2.12. The summed E-state index contributed by atoms with van der Waals surface area (Å²) in [5.41, 5.74) is -1.28. The number of esters is 1. The molecular formula is C61H75FN6O16. The number of piperidine rings is 1. The molecular weight excluding hydrogens is 1090 g/mol. The zero-order chi connectivity index (χ0) is 61.0. The van der Waals surface area contributed by atoms with Gasteiger partial charge in [0, 0.05) is 119 Å². The molecule has 5 aliphatic heterocycles. The maximum absolute atomic E-state index is 16.2. The van der Waals surface area contributed by atoms with Crippen LogP contribution in [-0.2, 0) is 23.8 Å². The van der Waals surface area contributed by atoms with Gasteiger partial charge in [0.15, 0.2) is 17.3 Å². The third kappa shape index (κ3) is 11.2. The van der Waals surface area contributed by atoms with Crippen LogP contribution in [0.2, 0.25) is 0 Å². The van der Waals surface area contributed by atoms with E-state index in [1.165, 1.54) is 72.7 Å². The average Bonchev–Trinajstić information content (AvgIpc) is 1.55. The van der Waals surface area contributed by atoms with Crippen molar-refractivity contribution in [3.05, 3.63) is 86.7 Å². The Hall–Kier alpha value is -7.73. The van der Waals surface area contributed by atoms with Crippen LogP contribution in [0, 0.1) is 36.4 Å². The van der Waals surface area contributed by atoms with E-state index in [9.17, 15) is 54.6 Å². The van der Waals surface area contributed by atoms with Crippen LogP contribution in [0.4, 0.5) is 15.8 Å². The Bertz CT molecular complexity index is 3470. The smallest absolute Gasteiger partial charge is 0.341 e. The van der Waals surface area contributed by atoms with Crippen molar-refractivity contribution in [2.45, 2.75) is 123 Å². The minimum Gasteiger partial charge on any atom is -0.507 e. The Morgan fingerprint density at radius 3 is 2.17 bits per heavy atom. The number of carbonyl (C=O) groups excluding carboxylic acids is 3. The third-order valence-corrected chi connectivity index (χ3v) is 17.5. The highest BCUT2D eigenvalue weighted by molar-refractivity contribution is 6.24. The molecule has 9 atom stereocenters. The maximum atomic E-state index is 16.2. The molecule has 1 saturated carbocycles. The number of ketones is 1. The summed E-state index contributed by atoms with van der Waals surface area (Å²) in [6.45, 7) is 15.2. The van der Waals surface area contributed by atoms with Gasteiger partial charge in [-0.15, -0.1) is 0 Å². The number of aliphatic hydroxyl groups excluding tert-OH is 2. The van der Waals surface area contributed by atoms with Crippen LogP contribution in [0.1, 0.15) is 112 Å². The van der Waals surface area contributed by atoms with Crippen molar-refractivity contribution >= 4 is 62.9 Å². The van der Waals surface area contributed by atoms with Gasteiger partial charge in [-0.05, 0) is 51.7 Å². The van der Waals surface area contributed by atoms with Crippen LogP contribution in [0.3, 0.4) is 0 Å². The summed E-state index contributed by atoms with van der Waals surface area (Å²) in [5.74, 6) is -10.9. The van der Waals surface area contributed by atoms with Gasteiger partial charge in [-0.1, -0.05) is 45.9 Å². The Morgan fingerprint density at radius 2 is 1.55 bits per heavy atom. The summed E-state index contributed by atoms with van der Waals surface area (Å²) in [6, 6.07) is 1.18. The molecule has 1 amide bonds. The van der Waals surface area contributed by atoms with E-state index >= 15 is 4.39 Å². The molecule has 84 heavy (non-hydrogen) atoms. The van der Waals surface area contributed by atoms with Crippen molar-refractivity contribution in [3.63, 3.8) is 0 Å². The van der Waals surface area contributed by atoms with Gasteiger partial charge in [-0.2, -0.15) is 5.10 Å². The predicted octanol–water partition coefficient (Wildman–Crippen LogP) is 6.87. The van der Waals surface area contributed by atoms with Gasteiger partial charge < -0.3 is 69.1 Å². The van der Waals surface area contributed by atoms with Crippen LogP contribution in [0.25, 0.3) is 21.7 Å². The van der Waals surface area contributed by atoms with E-state index in [0.717, 1.165) is 18.9 Å². The van der Waals surface area contributed by atoms with Crippen molar-refractivity contribution in [2.75, 3.05) is 63.7 Å². The summed E-state index contributed by atoms with van der Waals surface area (Å²) >= 11 is 0. The molecule has 22 nitrogen and oxygen atoms in total. The van der Waals surface area contributed by atoms with Crippen molar-refractivity contribution in [1.82, 2.24) is 14.5 Å². The largest absolute Gasteiger partial charge is 0.507 e. The van der Waals surface area contributed by atoms with Gasteiger partial charge in [0.05, 0.1) is 71.0 Å². The number of allylic oxidation sites excluding steroid dienone is 2. The number of aliphatic hydroxyl groups is 2. The Kier molecular flexibility index (Phi) is 17.5. The molecule has 6 heterocycles. The van der Waals surface area contributed by atoms with Crippen molar-refractivity contribution < 1.29 is 77.9 Å². The summed E-state index contributed by atoms with van der Waals surface area (Å²) in [4.78, 5) is 70.9. The molecule has 10 rings (SSSR count). The lowest BCUT2D eigenvalue weighted by Crippen LogP contribution is -2.52.